The first-order valence-corrected chi connectivity index (χ1v) is 7.59. The molecule has 0 amide bonds. The third kappa shape index (κ3) is 2.94. The summed E-state index contributed by atoms with van der Waals surface area (Å²) in [6.45, 7) is -0.359. The molecule has 0 aliphatic heterocycles. The van der Waals surface area contributed by atoms with Crippen LogP contribution < -0.4 is 5.43 Å². The predicted octanol–water partition coefficient (Wildman–Crippen LogP) is 4.15. The van der Waals surface area contributed by atoms with Crippen LogP contribution in [0.15, 0.2) is 58.4 Å². The first-order chi connectivity index (χ1) is 12.0. The van der Waals surface area contributed by atoms with Crippen molar-refractivity contribution in [1.29, 1.82) is 0 Å². The predicted molar refractivity (Wildman–Crippen MR) is 94.4 cm³/mol. The molecule has 1 heterocycles. The number of hydrogen-bond acceptors (Lipinski definition) is 3. The Morgan fingerprint density at radius 1 is 1.24 bits per heavy atom. The fourth-order valence-corrected chi connectivity index (χ4v) is 2.89. The number of aromatic nitrogens is 1. The van der Waals surface area contributed by atoms with Crippen LogP contribution in [0.2, 0.25) is 5.02 Å². The van der Waals surface area contributed by atoms with E-state index in [1.54, 1.807) is 36.4 Å². The summed E-state index contributed by atoms with van der Waals surface area (Å²) in [7, 11) is 0. The lowest BCUT2D eigenvalue weighted by molar-refractivity contribution is 0.0686. The van der Waals surface area contributed by atoms with Crippen molar-refractivity contribution in [2.45, 2.75) is 6.54 Å². The molecule has 8 heteroatoms. The zero-order chi connectivity index (χ0) is 18.0. The summed E-state index contributed by atoms with van der Waals surface area (Å²) < 4.78 is 1.44. The highest BCUT2D eigenvalue weighted by Gasteiger charge is 2.22. The van der Waals surface area contributed by atoms with Crippen LogP contribution >= 0.6 is 11.6 Å². The first kappa shape index (κ1) is 16.6. The van der Waals surface area contributed by atoms with Gasteiger partial charge in [0.2, 0.25) is 0 Å². The largest absolute Gasteiger partial charge is 0.477 e. The molecule has 7 nitrogen and oxygen atoms in total. The third-order valence-electron chi connectivity index (χ3n) is 3.74. The Morgan fingerprint density at radius 2 is 1.96 bits per heavy atom. The molecule has 3 rings (SSSR count). The van der Waals surface area contributed by atoms with Crippen molar-refractivity contribution >= 4 is 28.5 Å². The van der Waals surface area contributed by atoms with Gasteiger partial charge in [-0.1, -0.05) is 34.9 Å². The Balaban J connectivity index is 2.56. The normalized spacial score (nSPS) is 10.4. The monoisotopic (exact) mass is 354 g/mol. The van der Waals surface area contributed by atoms with Gasteiger partial charge in [0.25, 0.3) is 0 Å². The van der Waals surface area contributed by atoms with Gasteiger partial charge in [0, 0.05) is 26.6 Å². The Bertz CT molecular complexity index is 1090. The van der Waals surface area contributed by atoms with Crippen LogP contribution in [0.3, 0.4) is 0 Å². The highest BCUT2D eigenvalue weighted by atomic mass is 35.5. The number of carbonyl (C=O) groups is 1. The standard InChI is InChI=1S/C17H11ClN4O3/c18-10-6-7-12-14(8-10)22(11-4-2-1-3-5-11)15(17(24)25)13(16(12)23)9-20-21-19/h1-8H,9H2,(H,24,25). The highest BCUT2D eigenvalue weighted by Crippen LogP contribution is 2.25. The lowest BCUT2D eigenvalue weighted by atomic mass is 10.1. The van der Waals surface area contributed by atoms with Crippen LogP contribution in [0.4, 0.5) is 0 Å². The number of para-hydroxylation sites is 1. The molecule has 1 aromatic heterocycles. The van der Waals surface area contributed by atoms with E-state index in [4.69, 9.17) is 17.1 Å². The smallest absolute Gasteiger partial charge is 0.353 e. The zero-order valence-electron chi connectivity index (χ0n) is 12.8. The number of aromatic carboxylic acids is 1. The summed E-state index contributed by atoms with van der Waals surface area (Å²) >= 11 is 6.06. The number of nitrogens with zero attached hydrogens (tertiary/aromatic N) is 4. The number of hydrogen-bond donors (Lipinski definition) is 1. The minimum atomic E-state index is -1.30. The molecule has 0 radical (unpaired) electrons. The van der Waals surface area contributed by atoms with Gasteiger partial charge in [-0.3, -0.25) is 4.79 Å². The minimum Gasteiger partial charge on any atom is -0.477 e. The van der Waals surface area contributed by atoms with E-state index >= 15 is 0 Å². The van der Waals surface area contributed by atoms with Crippen LogP contribution in [-0.4, -0.2) is 15.6 Å². The van der Waals surface area contributed by atoms with E-state index in [-0.39, 0.29) is 17.8 Å². The molecule has 0 aliphatic carbocycles. The van der Waals surface area contributed by atoms with Crippen LogP contribution in [-0.2, 0) is 6.54 Å². The molecule has 3 aromatic rings. The topological polar surface area (TPSA) is 108 Å². The van der Waals surface area contributed by atoms with Gasteiger partial charge in [0.1, 0.15) is 5.69 Å². The fourth-order valence-electron chi connectivity index (χ4n) is 2.73. The molecular formula is C17H11ClN4O3. The lowest BCUT2D eigenvalue weighted by Gasteiger charge is -2.17. The lowest BCUT2D eigenvalue weighted by Crippen LogP contribution is -2.23. The molecule has 1 N–H and O–H groups in total. The van der Waals surface area contributed by atoms with E-state index < -0.39 is 11.4 Å². The minimum absolute atomic E-state index is 0.0797. The van der Waals surface area contributed by atoms with E-state index in [1.807, 2.05) is 0 Å². The molecule has 0 bridgehead atoms. The number of benzene rings is 2. The van der Waals surface area contributed by atoms with Crippen LogP contribution in [0.1, 0.15) is 16.1 Å². The van der Waals surface area contributed by atoms with Gasteiger partial charge in [-0.2, -0.15) is 0 Å². The van der Waals surface area contributed by atoms with Gasteiger partial charge in [0.05, 0.1) is 12.1 Å². The average molecular weight is 355 g/mol. The van der Waals surface area contributed by atoms with E-state index in [1.165, 1.54) is 16.7 Å². The van der Waals surface area contributed by atoms with Gasteiger partial charge >= 0.3 is 5.97 Å². The van der Waals surface area contributed by atoms with E-state index in [2.05, 4.69) is 10.0 Å². The number of halogens is 1. The summed E-state index contributed by atoms with van der Waals surface area (Å²) in [5, 5.41) is 13.8. The molecule has 0 fully saturated rings. The SMILES string of the molecule is [N-]=[N+]=NCc1c(C(=O)O)n(-c2ccccc2)c2cc(Cl)ccc2c1=O. The second-order valence-electron chi connectivity index (χ2n) is 5.18. The molecular weight excluding hydrogens is 344 g/mol. The fraction of sp³-hybridized carbons (Fsp3) is 0.0588. The Kier molecular flexibility index (Phi) is 4.43. The maximum Gasteiger partial charge on any atom is 0.353 e. The molecule has 0 atom stereocenters. The maximum absolute atomic E-state index is 12.8. The van der Waals surface area contributed by atoms with Gasteiger partial charge in [-0.25, -0.2) is 4.79 Å². The summed E-state index contributed by atoms with van der Waals surface area (Å²) in [4.78, 5) is 27.3. The summed E-state index contributed by atoms with van der Waals surface area (Å²) in [6.07, 6.45) is 0. The Hall–Kier alpha value is -3.28. The molecule has 0 spiro atoms. The molecule has 0 aliphatic rings. The number of fused-ring (bicyclic) bond motifs is 1. The van der Waals surface area contributed by atoms with Crippen molar-refractivity contribution < 1.29 is 9.90 Å². The zero-order valence-corrected chi connectivity index (χ0v) is 13.5. The maximum atomic E-state index is 12.8. The van der Waals surface area contributed by atoms with Crippen molar-refractivity contribution in [2.24, 2.45) is 5.11 Å². The molecule has 0 unspecified atom stereocenters. The van der Waals surface area contributed by atoms with Crippen molar-refractivity contribution in [3.8, 4) is 5.69 Å². The van der Waals surface area contributed by atoms with Crippen molar-refractivity contribution in [2.75, 3.05) is 0 Å². The average Bonchev–Trinajstić information content (AvgIpc) is 2.61. The number of carboxylic acids is 1. The van der Waals surface area contributed by atoms with Crippen molar-refractivity contribution in [3.05, 3.63) is 85.5 Å². The molecule has 25 heavy (non-hydrogen) atoms. The molecule has 0 saturated carbocycles. The summed E-state index contributed by atoms with van der Waals surface area (Å²) in [6, 6.07) is 13.4. The van der Waals surface area contributed by atoms with E-state index in [0.717, 1.165) is 0 Å². The molecule has 2 aromatic carbocycles. The Labute approximate surface area is 146 Å². The second-order valence-corrected chi connectivity index (χ2v) is 5.62. The quantitative estimate of drug-likeness (QED) is 0.431. The number of pyridine rings is 1. The highest BCUT2D eigenvalue weighted by molar-refractivity contribution is 6.31. The van der Waals surface area contributed by atoms with Gasteiger partial charge in [-0.15, -0.1) is 0 Å². The molecule has 0 saturated heterocycles. The summed E-state index contributed by atoms with van der Waals surface area (Å²) in [5.74, 6) is -1.30. The van der Waals surface area contributed by atoms with Crippen molar-refractivity contribution in [1.82, 2.24) is 4.57 Å². The van der Waals surface area contributed by atoms with Gasteiger partial charge in [-0.05, 0) is 35.9 Å². The number of azide groups is 1. The van der Waals surface area contributed by atoms with E-state index in [9.17, 15) is 14.7 Å². The van der Waals surface area contributed by atoms with Gasteiger partial charge in [0.15, 0.2) is 5.43 Å². The second kappa shape index (κ2) is 6.68. The third-order valence-corrected chi connectivity index (χ3v) is 3.97. The number of rotatable bonds is 4. The van der Waals surface area contributed by atoms with Crippen LogP contribution in [0, 0.1) is 0 Å². The molecule has 124 valence electrons. The Morgan fingerprint density at radius 3 is 2.60 bits per heavy atom. The first-order valence-electron chi connectivity index (χ1n) is 7.21. The van der Waals surface area contributed by atoms with Crippen LogP contribution in [0.5, 0.6) is 0 Å². The number of carboxylic acid groups (broad SMARTS) is 1. The van der Waals surface area contributed by atoms with Gasteiger partial charge < -0.3 is 9.67 Å². The van der Waals surface area contributed by atoms with E-state index in [0.29, 0.717) is 21.6 Å². The van der Waals surface area contributed by atoms with Crippen molar-refractivity contribution in [3.63, 3.8) is 0 Å². The van der Waals surface area contributed by atoms with Crippen LogP contribution in [0.25, 0.3) is 27.0 Å². The summed E-state index contributed by atoms with van der Waals surface area (Å²) in [5.41, 5.74) is 8.66.